The maximum atomic E-state index is 14.3. The van der Waals surface area contributed by atoms with Crippen LogP contribution in [0.3, 0.4) is 0 Å². The van der Waals surface area contributed by atoms with E-state index in [0.717, 1.165) is 5.56 Å². The Balaban J connectivity index is 1.67. The number of carbonyl (C=O) groups is 1. The van der Waals surface area contributed by atoms with Crippen molar-refractivity contribution in [1.29, 1.82) is 0 Å². The van der Waals surface area contributed by atoms with E-state index in [4.69, 9.17) is 9.72 Å². The topological polar surface area (TPSA) is 69.1 Å². The number of para-hydroxylation sites is 2. The smallest absolute Gasteiger partial charge is 0.257 e. The van der Waals surface area contributed by atoms with E-state index in [0.29, 0.717) is 54.7 Å². The largest absolute Gasteiger partial charge is 0.496 e. The number of amides is 1. The molecule has 34 heavy (non-hydrogen) atoms. The number of aromatic nitrogens is 1. The number of ether oxygens (including phenoxy) is 1. The first-order valence-corrected chi connectivity index (χ1v) is 11.3. The van der Waals surface area contributed by atoms with E-state index >= 15 is 0 Å². The zero-order valence-corrected chi connectivity index (χ0v) is 19.4. The summed E-state index contributed by atoms with van der Waals surface area (Å²) in [6.45, 7) is 2.48. The summed E-state index contributed by atoms with van der Waals surface area (Å²) >= 11 is 0. The van der Waals surface area contributed by atoms with Gasteiger partial charge < -0.3 is 24.5 Å². The molecule has 1 aliphatic rings. The van der Waals surface area contributed by atoms with E-state index in [1.807, 2.05) is 41.3 Å². The molecule has 7 nitrogen and oxygen atoms in total. The summed E-state index contributed by atoms with van der Waals surface area (Å²) in [6.07, 6.45) is 0. The highest BCUT2D eigenvalue weighted by Gasteiger charge is 2.26. The van der Waals surface area contributed by atoms with Crippen molar-refractivity contribution in [3.8, 4) is 17.0 Å². The molecule has 8 heteroatoms. The fraction of sp³-hybridized carbons (Fsp3) is 0.308. The Labute approximate surface area is 199 Å². The lowest BCUT2D eigenvalue weighted by atomic mass is 10.1. The van der Waals surface area contributed by atoms with E-state index in [-0.39, 0.29) is 24.9 Å². The zero-order chi connectivity index (χ0) is 24.1. The molecular formula is C26H29FN4O3. The van der Waals surface area contributed by atoms with Gasteiger partial charge in [0.25, 0.3) is 5.91 Å². The lowest BCUT2D eigenvalue weighted by Crippen LogP contribution is -2.47. The van der Waals surface area contributed by atoms with Gasteiger partial charge in [0.1, 0.15) is 17.4 Å². The van der Waals surface area contributed by atoms with E-state index in [9.17, 15) is 14.3 Å². The number of aliphatic hydroxyl groups is 1. The molecule has 4 rings (SSSR count). The summed E-state index contributed by atoms with van der Waals surface area (Å²) in [7, 11) is 3.27. The Hall–Kier alpha value is -3.65. The third-order valence-corrected chi connectivity index (χ3v) is 6.04. The number of likely N-dealkylation sites (N-methyl/N-ethyl adjacent to an activating group) is 1. The van der Waals surface area contributed by atoms with Crippen molar-refractivity contribution < 1.29 is 19.0 Å². The molecule has 0 unspecified atom stereocenters. The number of anilines is 2. The Morgan fingerprint density at radius 1 is 1.03 bits per heavy atom. The van der Waals surface area contributed by atoms with Crippen molar-refractivity contribution >= 4 is 17.4 Å². The van der Waals surface area contributed by atoms with Crippen molar-refractivity contribution in [2.45, 2.75) is 0 Å². The van der Waals surface area contributed by atoms with E-state index in [1.54, 1.807) is 32.4 Å². The molecule has 1 amide bonds. The molecule has 0 saturated carbocycles. The van der Waals surface area contributed by atoms with Gasteiger partial charge in [0, 0.05) is 45.3 Å². The summed E-state index contributed by atoms with van der Waals surface area (Å²) in [4.78, 5) is 23.6. The lowest BCUT2D eigenvalue weighted by Gasteiger charge is -2.37. The Morgan fingerprint density at radius 3 is 2.41 bits per heavy atom. The van der Waals surface area contributed by atoms with Gasteiger partial charge in [-0.15, -0.1) is 0 Å². The number of nitrogens with zero attached hydrogens (tertiary/aromatic N) is 4. The molecular weight excluding hydrogens is 435 g/mol. The number of methoxy groups -OCH3 is 1. The molecule has 1 N–H and O–H groups in total. The SMILES string of the molecule is COc1ccccc1-c1ccc(C(=O)N(C)CCO)c(N2CCN(c3ccccc3F)CC2)n1. The second-order valence-corrected chi connectivity index (χ2v) is 8.14. The quantitative estimate of drug-likeness (QED) is 0.579. The zero-order valence-electron chi connectivity index (χ0n) is 19.4. The molecule has 3 aromatic rings. The average molecular weight is 465 g/mol. The van der Waals surface area contributed by atoms with Gasteiger partial charge in [0.05, 0.1) is 30.7 Å². The highest BCUT2D eigenvalue weighted by Crippen LogP contribution is 2.32. The first-order valence-electron chi connectivity index (χ1n) is 11.3. The summed E-state index contributed by atoms with van der Waals surface area (Å²) in [6, 6.07) is 18.0. The average Bonchev–Trinajstić information content (AvgIpc) is 2.88. The van der Waals surface area contributed by atoms with Crippen molar-refractivity contribution in [1.82, 2.24) is 9.88 Å². The fourth-order valence-electron chi connectivity index (χ4n) is 4.19. The molecule has 0 spiro atoms. The second-order valence-electron chi connectivity index (χ2n) is 8.14. The molecule has 0 bridgehead atoms. The van der Waals surface area contributed by atoms with E-state index < -0.39 is 0 Å². The molecule has 1 fully saturated rings. The van der Waals surface area contributed by atoms with Crippen LogP contribution in [-0.4, -0.2) is 74.4 Å². The summed E-state index contributed by atoms with van der Waals surface area (Å²) < 4.78 is 19.8. The minimum absolute atomic E-state index is 0.119. The molecule has 0 radical (unpaired) electrons. The molecule has 0 aliphatic carbocycles. The van der Waals surface area contributed by atoms with Crippen LogP contribution >= 0.6 is 0 Å². The van der Waals surface area contributed by atoms with Crippen molar-refractivity contribution in [2.24, 2.45) is 0 Å². The highest BCUT2D eigenvalue weighted by molar-refractivity contribution is 5.99. The minimum Gasteiger partial charge on any atom is -0.496 e. The van der Waals surface area contributed by atoms with Gasteiger partial charge in [0.15, 0.2) is 0 Å². The van der Waals surface area contributed by atoms with Crippen LogP contribution in [0.15, 0.2) is 60.7 Å². The van der Waals surface area contributed by atoms with Gasteiger partial charge in [-0.1, -0.05) is 24.3 Å². The monoisotopic (exact) mass is 464 g/mol. The molecule has 1 saturated heterocycles. The number of halogens is 1. The third-order valence-electron chi connectivity index (χ3n) is 6.04. The molecule has 2 aromatic carbocycles. The van der Waals surface area contributed by atoms with Crippen LogP contribution in [0.1, 0.15) is 10.4 Å². The third kappa shape index (κ3) is 4.82. The normalized spacial score (nSPS) is 13.6. The first-order chi connectivity index (χ1) is 16.5. The highest BCUT2D eigenvalue weighted by atomic mass is 19.1. The van der Waals surface area contributed by atoms with Crippen LogP contribution in [0.25, 0.3) is 11.3 Å². The maximum absolute atomic E-state index is 14.3. The number of aliphatic hydroxyl groups excluding tert-OH is 1. The van der Waals surface area contributed by atoms with Gasteiger partial charge in [-0.3, -0.25) is 4.79 Å². The van der Waals surface area contributed by atoms with E-state index in [1.165, 1.54) is 11.0 Å². The first kappa shape index (κ1) is 23.5. The number of pyridine rings is 1. The number of hydrogen-bond acceptors (Lipinski definition) is 6. The van der Waals surface area contributed by atoms with Gasteiger partial charge in [-0.2, -0.15) is 0 Å². The predicted octanol–water partition coefficient (Wildman–Crippen LogP) is 3.29. The summed E-state index contributed by atoms with van der Waals surface area (Å²) in [5, 5.41) is 9.29. The molecule has 2 heterocycles. The van der Waals surface area contributed by atoms with Crippen molar-refractivity contribution in [3.05, 3.63) is 72.0 Å². The Kier molecular flexibility index (Phi) is 7.27. The Morgan fingerprint density at radius 2 is 1.71 bits per heavy atom. The van der Waals surface area contributed by atoms with Gasteiger partial charge >= 0.3 is 0 Å². The lowest BCUT2D eigenvalue weighted by molar-refractivity contribution is 0.0767. The number of piperazine rings is 1. The van der Waals surface area contributed by atoms with Crippen molar-refractivity contribution in [2.75, 3.05) is 63.3 Å². The number of rotatable bonds is 7. The van der Waals surface area contributed by atoms with Crippen LogP contribution < -0.4 is 14.5 Å². The maximum Gasteiger partial charge on any atom is 0.257 e. The predicted molar refractivity (Wildman–Crippen MR) is 131 cm³/mol. The number of benzene rings is 2. The van der Waals surface area contributed by atoms with Crippen molar-refractivity contribution in [3.63, 3.8) is 0 Å². The van der Waals surface area contributed by atoms with E-state index in [2.05, 4.69) is 4.90 Å². The molecule has 178 valence electrons. The molecule has 1 aliphatic heterocycles. The van der Waals surface area contributed by atoms with Crippen LogP contribution in [0, 0.1) is 5.82 Å². The minimum atomic E-state index is -0.242. The van der Waals surface area contributed by atoms with Crippen LogP contribution in [0.5, 0.6) is 5.75 Å². The Bertz CT molecular complexity index is 1150. The van der Waals surface area contributed by atoms with Crippen LogP contribution in [-0.2, 0) is 0 Å². The molecule has 0 atom stereocenters. The van der Waals surface area contributed by atoms with Gasteiger partial charge in [0.2, 0.25) is 0 Å². The fourth-order valence-corrected chi connectivity index (χ4v) is 4.19. The van der Waals surface area contributed by atoms with Crippen LogP contribution in [0.2, 0.25) is 0 Å². The summed E-state index contributed by atoms with van der Waals surface area (Å²) in [5.41, 5.74) is 2.58. The number of carbonyl (C=O) groups excluding carboxylic acids is 1. The van der Waals surface area contributed by atoms with Gasteiger partial charge in [-0.25, -0.2) is 9.37 Å². The number of hydrogen-bond donors (Lipinski definition) is 1. The summed E-state index contributed by atoms with van der Waals surface area (Å²) in [5.74, 6) is 0.821. The molecule has 1 aromatic heterocycles. The van der Waals surface area contributed by atoms with Gasteiger partial charge in [-0.05, 0) is 36.4 Å². The standard InChI is InChI=1S/C26H29FN4O3/c1-29(17-18-32)26(33)20-11-12-22(19-7-3-6-10-24(19)34-2)28-25(20)31-15-13-30(14-16-31)23-9-5-4-8-21(23)27/h3-12,32H,13-18H2,1-2H3. The second kappa shape index (κ2) is 10.5. The van der Waals surface area contributed by atoms with Crippen LogP contribution in [0.4, 0.5) is 15.9 Å².